The maximum Gasteiger partial charge on any atom is 0.248 e. The largest absolute Gasteiger partial charge is 0.471 e. The molecule has 1 fully saturated rings. The number of likely N-dealkylation sites (tertiary alicyclic amines) is 1. The minimum Gasteiger partial charge on any atom is -0.471 e. The van der Waals surface area contributed by atoms with E-state index in [1.165, 1.54) is 0 Å². The zero-order valence-corrected chi connectivity index (χ0v) is 12.8. The molecule has 116 valence electrons. The van der Waals surface area contributed by atoms with E-state index in [-0.39, 0.29) is 18.6 Å². The van der Waals surface area contributed by atoms with Crippen LogP contribution in [-0.2, 0) is 9.53 Å². The highest BCUT2D eigenvalue weighted by molar-refractivity contribution is 5.77. The van der Waals surface area contributed by atoms with Crippen molar-refractivity contribution < 1.29 is 14.3 Å². The maximum absolute atomic E-state index is 11.9. The molecule has 1 atom stereocenters. The van der Waals surface area contributed by atoms with Crippen LogP contribution in [0.3, 0.4) is 0 Å². The van der Waals surface area contributed by atoms with Crippen LogP contribution in [0.15, 0.2) is 12.4 Å². The van der Waals surface area contributed by atoms with Crippen LogP contribution in [0.2, 0.25) is 0 Å². The molecule has 1 amide bonds. The molecule has 2 rings (SSSR count). The van der Waals surface area contributed by atoms with Gasteiger partial charge < -0.3 is 19.3 Å². The van der Waals surface area contributed by atoms with Gasteiger partial charge >= 0.3 is 0 Å². The van der Waals surface area contributed by atoms with Crippen molar-refractivity contribution in [3.05, 3.63) is 12.4 Å². The summed E-state index contributed by atoms with van der Waals surface area (Å²) in [5.74, 6) is 1.25. The van der Waals surface area contributed by atoms with Gasteiger partial charge in [0.2, 0.25) is 11.8 Å². The van der Waals surface area contributed by atoms with Crippen molar-refractivity contribution in [2.24, 2.45) is 0 Å². The zero-order chi connectivity index (χ0) is 15.2. The second-order valence-corrected chi connectivity index (χ2v) is 5.12. The molecule has 0 N–H and O–H groups in total. The maximum atomic E-state index is 11.9. The molecule has 2 heterocycles. The van der Waals surface area contributed by atoms with E-state index >= 15 is 0 Å². The molecule has 0 saturated carbocycles. The molecule has 0 aliphatic carbocycles. The number of ether oxygens (including phenoxy) is 2. The average Bonchev–Trinajstić information content (AvgIpc) is 2.93. The molecule has 0 bridgehead atoms. The Balaban J connectivity index is 1.87. The molecular weight excluding hydrogens is 272 g/mol. The number of hydrogen-bond donors (Lipinski definition) is 0. The van der Waals surface area contributed by atoms with E-state index in [1.807, 2.05) is 25.9 Å². The van der Waals surface area contributed by atoms with E-state index < -0.39 is 0 Å². The number of amides is 1. The molecule has 1 aromatic rings. The van der Waals surface area contributed by atoms with Crippen molar-refractivity contribution in [3.63, 3.8) is 0 Å². The van der Waals surface area contributed by atoms with Gasteiger partial charge in [0.05, 0.1) is 18.9 Å². The van der Waals surface area contributed by atoms with E-state index in [0.29, 0.717) is 25.6 Å². The van der Waals surface area contributed by atoms with Gasteiger partial charge in [0.1, 0.15) is 12.7 Å². The number of carbonyl (C=O) groups excluding carboxylic acids is 1. The first-order chi connectivity index (χ1) is 10.1. The molecule has 1 saturated heterocycles. The summed E-state index contributed by atoms with van der Waals surface area (Å²) in [7, 11) is 3.80. The lowest BCUT2D eigenvalue weighted by molar-refractivity contribution is -0.135. The molecule has 1 aliphatic rings. The van der Waals surface area contributed by atoms with E-state index in [0.717, 1.165) is 12.2 Å². The van der Waals surface area contributed by atoms with E-state index in [1.54, 1.807) is 17.3 Å². The molecule has 21 heavy (non-hydrogen) atoms. The third kappa shape index (κ3) is 4.29. The number of carbonyl (C=O) groups is 1. The van der Waals surface area contributed by atoms with Gasteiger partial charge in [-0.15, -0.1) is 0 Å². The molecule has 7 heteroatoms. The number of aromatic nitrogens is 2. The van der Waals surface area contributed by atoms with E-state index in [4.69, 9.17) is 9.47 Å². The van der Waals surface area contributed by atoms with Crippen molar-refractivity contribution in [2.75, 3.05) is 45.3 Å². The zero-order valence-electron chi connectivity index (χ0n) is 12.8. The predicted octanol–water partition coefficient (Wildman–Crippen LogP) is 0.559. The van der Waals surface area contributed by atoms with Crippen LogP contribution in [0.4, 0.5) is 5.82 Å². The van der Waals surface area contributed by atoms with Crippen molar-refractivity contribution >= 4 is 11.7 Å². The van der Waals surface area contributed by atoms with Crippen LogP contribution in [0, 0.1) is 0 Å². The minimum absolute atomic E-state index is 0.0103. The summed E-state index contributed by atoms with van der Waals surface area (Å²) < 4.78 is 11.0. The third-order valence-electron chi connectivity index (χ3n) is 3.27. The summed E-state index contributed by atoms with van der Waals surface area (Å²) in [6.45, 7) is 3.82. The fourth-order valence-electron chi connectivity index (χ4n) is 2.11. The van der Waals surface area contributed by atoms with Gasteiger partial charge in [-0.1, -0.05) is 0 Å². The molecule has 1 aliphatic heterocycles. The lowest BCUT2D eigenvalue weighted by atomic mass is 10.3. The average molecular weight is 294 g/mol. The smallest absolute Gasteiger partial charge is 0.248 e. The molecular formula is C14H22N4O3. The highest BCUT2D eigenvalue weighted by Crippen LogP contribution is 2.18. The monoisotopic (exact) mass is 294 g/mol. The third-order valence-corrected chi connectivity index (χ3v) is 3.27. The normalized spacial score (nSPS) is 17.9. The molecule has 7 nitrogen and oxygen atoms in total. The number of rotatable bonds is 6. The summed E-state index contributed by atoms with van der Waals surface area (Å²) in [5, 5.41) is 0. The first-order valence-electron chi connectivity index (χ1n) is 7.11. The SMILES string of the molecule is CCOCC(=O)N1CCC(Oc2cncc(N(C)C)n2)C1. The topological polar surface area (TPSA) is 67.8 Å². The number of nitrogens with zero attached hydrogens (tertiary/aromatic N) is 4. The molecule has 1 unspecified atom stereocenters. The van der Waals surface area contributed by atoms with E-state index in [9.17, 15) is 4.79 Å². The first-order valence-corrected chi connectivity index (χ1v) is 7.11. The Hall–Kier alpha value is -1.89. The van der Waals surface area contributed by atoms with Crippen LogP contribution >= 0.6 is 0 Å². The Morgan fingerprint density at radius 2 is 2.29 bits per heavy atom. The first kappa shape index (κ1) is 15.5. The van der Waals surface area contributed by atoms with Crippen LogP contribution in [0.1, 0.15) is 13.3 Å². The summed E-state index contributed by atoms with van der Waals surface area (Å²) in [4.78, 5) is 24.0. The van der Waals surface area contributed by atoms with Gasteiger partial charge in [-0.25, -0.2) is 0 Å². The van der Waals surface area contributed by atoms with Crippen LogP contribution in [-0.4, -0.2) is 67.3 Å². The summed E-state index contributed by atoms with van der Waals surface area (Å²) in [6.07, 6.45) is 4.03. The van der Waals surface area contributed by atoms with Crippen LogP contribution in [0.25, 0.3) is 0 Å². The van der Waals surface area contributed by atoms with Gasteiger partial charge in [-0.2, -0.15) is 4.98 Å². The fourth-order valence-corrected chi connectivity index (χ4v) is 2.11. The Morgan fingerprint density at radius 1 is 1.48 bits per heavy atom. The molecule has 1 aromatic heterocycles. The second kappa shape index (κ2) is 7.21. The van der Waals surface area contributed by atoms with Crippen molar-refractivity contribution in [3.8, 4) is 5.88 Å². The van der Waals surface area contributed by atoms with Gasteiger partial charge in [0.15, 0.2) is 5.82 Å². The van der Waals surface area contributed by atoms with E-state index in [2.05, 4.69) is 9.97 Å². The standard InChI is InChI=1S/C14H22N4O3/c1-4-20-10-14(19)18-6-5-11(9-18)21-13-8-15-7-12(16-13)17(2)3/h7-8,11H,4-6,9-10H2,1-3H3. The molecule has 0 aromatic carbocycles. The highest BCUT2D eigenvalue weighted by Gasteiger charge is 2.27. The van der Waals surface area contributed by atoms with Gasteiger partial charge in [-0.3, -0.25) is 9.78 Å². The fraction of sp³-hybridized carbons (Fsp3) is 0.643. The Bertz CT molecular complexity index is 481. The highest BCUT2D eigenvalue weighted by atomic mass is 16.5. The summed E-state index contributed by atoms with van der Waals surface area (Å²) >= 11 is 0. The Labute approximate surface area is 124 Å². The quantitative estimate of drug-likeness (QED) is 0.763. The van der Waals surface area contributed by atoms with Gasteiger partial charge in [0, 0.05) is 33.7 Å². The summed E-state index contributed by atoms with van der Waals surface area (Å²) in [6, 6.07) is 0. The van der Waals surface area contributed by atoms with Gasteiger partial charge in [0.25, 0.3) is 0 Å². The minimum atomic E-state index is -0.0395. The van der Waals surface area contributed by atoms with Crippen LogP contribution in [0.5, 0.6) is 5.88 Å². The lowest BCUT2D eigenvalue weighted by Crippen LogP contribution is -2.33. The predicted molar refractivity (Wildman–Crippen MR) is 78.5 cm³/mol. The van der Waals surface area contributed by atoms with Crippen molar-refractivity contribution in [1.82, 2.24) is 14.9 Å². The molecule has 0 spiro atoms. The van der Waals surface area contributed by atoms with Crippen molar-refractivity contribution in [2.45, 2.75) is 19.4 Å². The van der Waals surface area contributed by atoms with Gasteiger partial charge in [-0.05, 0) is 6.92 Å². The molecule has 0 radical (unpaired) electrons. The Morgan fingerprint density at radius 3 is 3.00 bits per heavy atom. The lowest BCUT2D eigenvalue weighted by Gasteiger charge is -2.17. The number of hydrogen-bond acceptors (Lipinski definition) is 6. The Kier molecular flexibility index (Phi) is 5.32. The number of anilines is 1. The summed E-state index contributed by atoms with van der Waals surface area (Å²) in [5.41, 5.74) is 0. The van der Waals surface area contributed by atoms with Crippen molar-refractivity contribution in [1.29, 1.82) is 0 Å². The second-order valence-electron chi connectivity index (χ2n) is 5.12. The van der Waals surface area contributed by atoms with Crippen LogP contribution < -0.4 is 9.64 Å².